The Labute approximate surface area is 188 Å². The van der Waals surface area contributed by atoms with Crippen LogP contribution in [0, 0.1) is 0 Å². The van der Waals surface area contributed by atoms with Crippen LogP contribution in [0.15, 0.2) is 83.4 Å². The lowest BCUT2D eigenvalue weighted by atomic mass is 9.96. The number of benzene rings is 2. The Balaban J connectivity index is 1.29. The number of thiophene rings is 1. The normalized spacial score (nSPS) is 12.2. The summed E-state index contributed by atoms with van der Waals surface area (Å²) in [7, 11) is 0. The maximum atomic E-state index is 12.6. The number of aryl methyl sites for hydroxylation is 1. The highest BCUT2D eigenvalue weighted by Gasteiger charge is 2.20. The Morgan fingerprint density at radius 1 is 1.06 bits per heavy atom. The Bertz CT molecular complexity index is 1440. The van der Waals surface area contributed by atoms with Gasteiger partial charge in [-0.25, -0.2) is 4.98 Å². The monoisotopic (exact) mass is 442 g/mol. The molecule has 0 bridgehead atoms. The summed E-state index contributed by atoms with van der Waals surface area (Å²) in [6.07, 6.45) is 3.75. The van der Waals surface area contributed by atoms with E-state index in [0.29, 0.717) is 24.0 Å². The van der Waals surface area contributed by atoms with Crippen molar-refractivity contribution < 1.29 is 4.79 Å². The number of carbonyl (C=O) groups is 1. The molecule has 2 aromatic carbocycles. The average Bonchev–Trinajstić information content (AvgIpc) is 3.50. The number of amides is 1. The highest BCUT2D eigenvalue weighted by atomic mass is 32.1. The van der Waals surface area contributed by atoms with Gasteiger partial charge in [-0.15, -0.1) is 11.3 Å². The molecule has 0 fully saturated rings. The summed E-state index contributed by atoms with van der Waals surface area (Å²) in [5.41, 5.74) is 2.78. The predicted octanol–water partition coefficient (Wildman–Crippen LogP) is 4.28. The van der Waals surface area contributed by atoms with Crippen molar-refractivity contribution in [2.75, 3.05) is 6.54 Å². The van der Waals surface area contributed by atoms with E-state index in [1.54, 1.807) is 17.4 Å². The van der Waals surface area contributed by atoms with Crippen LogP contribution < -0.4 is 10.9 Å². The Kier molecular flexibility index (Phi) is 5.56. The first-order valence-electron chi connectivity index (χ1n) is 10.5. The van der Waals surface area contributed by atoms with E-state index in [1.807, 2.05) is 42.6 Å². The molecular formula is C25H22N4O2S. The first-order chi connectivity index (χ1) is 15.7. The molecule has 0 aliphatic rings. The highest BCUT2D eigenvalue weighted by Crippen LogP contribution is 2.32. The molecule has 5 rings (SSSR count). The molecular weight excluding hydrogens is 420 g/mol. The standard InChI is InChI=1S/C25H22N4O2S/c30-24(11-12-29-16-28-22-9-4-2-7-18(22)25(29)31)27-15-20(23-10-5-13-32-23)19-14-26-21-8-3-1-6-17(19)21/h1-10,13-14,16,20,26H,11-12,15H2,(H,27,30). The molecule has 0 aliphatic carbocycles. The number of fused-ring (bicyclic) bond motifs is 2. The molecule has 3 aromatic heterocycles. The SMILES string of the molecule is O=C(CCn1cnc2ccccc2c1=O)NCC(c1cccs1)c1c[nH]c2ccccc12. The van der Waals surface area contributed by atoms with E-state index >= 15 is 0 Å². The van der Waals surface area contributed by atoms with Gasteiger partial charge in [0.25, 0.3) is 5.56 Å². The molecule has 0 radical (unpaired) electrons. The summed E-state index contributed by atoms with van der Waals surface area (Å²) in [5, 5.41) is 6.85. The van der Waals surface area contributed by atoms with Crippen LogP contribution in [-0.4, -0.2) is 27.0 Å². The van der Waals surface area contributed by atoms with Crippen LogP contribution in [0.5, 0.6) is 0 Å². The van der Waals surface area contributed by atoms with Crippen molar-refractivity contribution in [3.8, 4) is 0 Å². The fourth-order valence-corrected chi connectivity index (χ4v) is 4.87. The second-order valence-corrected chi connectivity index (χ2v) is 8.65. The van der Waals surface area contributed by atoms with Gasteiger partial charge in [-0.3, -0.25) is 14.2 Å². The molecule has 1 unspecified atom stereocenters. The number of H-pyrrole nitrogens is 1. The molecule has 1 amide bonds. The third-order valence-electron chi connectivity index (χ3n) is 5.70. The third kappa shape index (κ3) is 3.94. The average molecular weight is 443 g/mol. The van der Waals surface area contributed by atoms with Gasteiger partial charge in [0.15, 0.2) is 0 Å². The number of para-hydroxylation sites is 2. The van der Waals surface area contributed by atoms with Crippen LogP contribution in [0.4, 0.5) is 0 Å². The smallest absolute Gasteiger partial charge is 0.261 e. The molecule has 160 valence electrons. The number of aromatic amines is 1. The molecule has 0 saturated heterocycles. The maximum Gasteiger partial charge on any atom is 0.261 e. The second kappa shape index (κ2) is 8.80. The summed E-state index contributed by atoms with van der Waals surface area (Å²) in [4.78, 5) is 34.1. The van der Waals surface area contributed by atoms with E-state index in [1.165, 1.54) is 21.3 Å². The molecule has 6 nitrogen and oxygen atoms in total. The Morgan fingerprint density at radius 2 is 1.88 bits per heavy atom. The minimum absolute atomic E-state index is 0.0557. The lowest BCUT2D eigenvalue weighted by Crippen LogP contribution is -2.30. The molecule has 1 atom stereocenters. The number of nitrogens with one attached hydrogen (secondary N) is 2. The minimum atomic E-state index is -0.126. The molecule has 0 aliphatic heterocycles. The number of carbonyl (C=O) groups excluding carboxylic acids is 1. The van der Waals surface area contributed by atoms with E-state index in [2.05, 4.69) is 38.9 Å². The lowest BCUT2D eigenvalue weighted by Gasteiger charge is -2.16. The predicted molar refractivity (Wildman–Crippen MR) is 128 cm³/mol. The van der Waals surface area contributed by atoms with E-state index in [4.69, 9.17) is 0 Å². The molecule has 32 heavy (non-hydrogen) atoms. The first-order valence-corrected chi connectivity index (χ1v) is 11.4. The quantitative estimate of drug-likeness (QED) is 0.395. The molecule has 0 saturated carbocycles. The Morgan fingerprint density at radius 3 is 2.72 bits per heavy atom. The maximum absolute atomic E-state index is 12.6. The van der Waals surface area contributed by atoms with Gasteiger partial charge < -0.3 is 10.3 Å². The van der Waals surface area contributed by atoms with Crippen LogP contribution in [0.2, 0.25) is 0 Å². The topological polar surface area (TPSA) is 79.8 Å². The summed E-state index contributed by atoms with van der Waals surface area (Å²) in [6.45, 7) is 0.783. The van der Waals surface area contributed by atoms with Crippen molar-refractivity contribution in [1.82, 2.24) is 19.9 Å². The van der Waals surface area contributed by atoms with Gasteiger partial charge >= 0.3 is 0 Å². The van der Waals surface area contributed by atoms with Gasteiger partial charge in [-0.05, 0) is 35.2 Å². The Hall–Kier alpha value is -3.71. The number of rotatable bonds is 7. The van der Waals surface area contributed by atoms with E-state index in [0.717, 1.165) is 10.9 Å². The van der Waals surface area contributed by atoms with Gasteiger partial charge in [0, 0.05) is 47.4 Å². The summed E-state index contributed by atoms with van der Waals surface area (Å²) in [6, 6.07) is 19.6. The zero-order chi connectivity index (χ0) is 21.9. The van der Waals surface area contributed by atoms with Gasteiger partial charge in [0.05, 0.1) is 17.2 Å². The molecule has 7 heteroatoms. The van der Waals surface area contributed by atoms with E-state index < -0.39 is 0 Å². The third-order valence-corrected chi connectivity index (χ3v) is 6.68. The van der Waals surface area contributed by atoms with Crippen LogP contribution in [0.1, 0.15) is 22.8 Å². The zero-order valence-corrected chi connectivity index (χ0v) is 18.1. The fraction of sp³-hybridized carbons (Fsp3) is 0.160. The van der Waals surface area contributed by atoms with Gasteiger partial charge in [-0.1, -0.05) is 36.4 Å². The van der Waals surface area contributed by atoms with Gasteiger partial charge in [-0.2, -0.15) is 0 Å². The molecule has 3 heterocycles. The van der Waals surface area contributed by atoms with Crippen molar-refractivity contribution in [3.05, 3.63) is 99.4 Å². The van der Waals surface area contributed by atoms with Crippen LogP contribution in [0.3, 0.4) is 0 Å². The summed E-state index contributed by atoms with van der Waals surface area (Å²) in [5.74, 6) is -0.0355. The molecule has 5 aromatic rings. The minimum Gasteiger partial charge on any atom is -0.361 e. The summed E-state index contributed by atoms with van der Waals surface area (Å²) < 4.78 is 1.50. The van der Waals surface area contributed by atoms with Crippen LogP contribution >= 0.6 is 11.3 Å². The van der Waals surface area contributed by atoms with Crippen molar-refractivity contribution in [2.45, 2.75) is 18.9 Å². The van der Waals surface area contributed by atoms with E-state index in [9.17, 15) is 9.59 Å². The van der Waals surface area contributed by atoms with Crippen LogP contribution in [0.25, 0.3) is 21.8 Å². The lowest BCUT2D eigenvalue weighted by molar-refractivity contribution is -0.121. The highest BCUT2D eigenvalue weighted by molar-refractivity contribution is 7.10. The molecule has 2 N–H and O–H groups in total. The van der Waals surface area contributed by atoms with Crippen molar-refractivity contribution in [3.63, 3.8) is 0 Å². The zero-order valence-electron chi connectivity index (χ0n) is 17.3. The van der Waals surface area contributed by atoms with Crippen molar-refractivity contribution >= 4 is 39.0 Å². The second-order valence-electron chi connectivity index (χ2n) is 7.67. The summed E-state index contributed by atoms with van der Waals surface area (Å²) >= 11 is 1.68. The fourth-order valence-electron chi connectivity index (χ4n) is 4.03. The molecule has 0 spiro atoms. The number of hydrogen-bond donors (Lipinski definition) is 2. The van der Waals surface area contributed by atoms with Crippen molar-refractivity contribution in [2.24, 2.45) is 0 Å². The van der Waals surface area contributed by atoms with Gasteiger partial charge in [0.2, 0.25) is 5.91 Å². The number of hydrogen-bond acceptors (Lipinski definition) is 4. The van der Waals surface area contributed by atoms with Gasteiger partial charge in [0.1, 0.15) is 0 Å². The number of aromatic nitrogens is 3. The van der Waals surface area contributed by atoms with E-state index in [-0.39, 0.29) is 23.8 Å². The largest absolute Gasteiger partial charge is 0.361 e. The van der Waals surface area contributed by atoms with Crippen molar-refractivity contribution in [1.29, 1.82) is 0 Å². The number of nitrogens with zero attached hydrogens (tertiary/aromatic N) is 2. The van der Waals surface area contributed by atoms with Crippen LogP contribution in [-0.2, 0) is 11.3 Å². The first kappa shape index (κ1) is 20.2.